The minimum Gasteiger partial charge on any atom is -0.493 e. The molecule has 0 aromatic heterocycles. The topological polar surface area (TPSA) is 85.9 Å². The predicted molar refractivity (Wildman–Crippen MR) is 124 cm³/mol. The summed E-state index contributed by atoms with van der Waals surface area (Å²) in [6.45, 7) is 3.63. The fraction of sp³-hybridized carbons (Fsp3) is 0.417. The Morgan fingerprint density at radius 1 is 1.03 bits per heavy atom. The highest BCUT2D eigenvalue weighted by atomic mass is 32.2. The Morgan fingerprint density at radius 2 is 1.72 bits per heavy atom. The van der Waals surface area contributed by atoms with Gasteiger partial charge in [-0.25, -0.2) is 13.1 Å². The van der Waals surface area contributed by atoms with Gasteiger partial charge in [-0.3, -0.25) is 0 Å². The maximum Gasteiger partial charge on any atom is 0.240 e. The molecule has 2 N–H and O–H groups in total. The number of methoxy groups -OCH3 is 3. The SMILES string of the molecule is COc1cc(C2Nc3ccc(S(=O)(=O)NC(C)C)cc3C3C=CCC32)cc(OC)c1OC. The molecule has 1 heterocycles. The molecule has 0 fully saturated rings. The Balaban J connectivity index is 1.76. The Labute approximate surface area is 189 Å². The van der Waals surface area contributed by atoms with Crippen molar-refractivity contribution in [3.63, 3.8) is 0 Å². The van der Waals surface area contributed by atoms with Gasteiger partial charge >= 0.3 is 0 Å². The van der Waals surface area contributed by atoms with E-state index in [0.29, 0.717) is 17.2 Å². The first-order valence-corrected chi connectivity index (χ1v) is 12.2. The first-order chi connectivity index (χ1) is 15.3. The molecule has 2 aromatic rings. The van der Waals surface area contributed by atoms with Gasteiger partial charge in [0.25, 0.3) is 0 Å². The fourth-order valence-electron chi connectivity index (χ4n) is 4.73. The Bertz CT molecular complexity index is 1120. The summed E-state index contributed by atoms with van der Waals surface area (Å²) in [6.07, 6.45) is 5.24. The molecule has 0 radical (unpaired) electrons. The normalized spacial score (nSPS) is 21.6. The smallest absolute Gasteiger partial charge is 0.240 e. The van der Waals surface area contributed by atoms with E-state index in [-0.39, 0.29) is 28.8 Å². The molecular formula is C24H30N2O5S. The van der Waals surface area contributed by atoms with E-state index < -0.39 is 10.0 Å². The minimum atomic E-state index is -3.56. The number of allylic oxidation sites excluding steroid dienone is 2. The van der Waals surface area contributed by atoms with Crippen LogP contribution in [0.4, 0.5) is 5.69 Å². The molecule has 3 unspecified atom stereocenters. The molecular weight excluding hydrogens is 428 g/mol. The van der Waals surface area contributed by atoms with Gasteiger partial charge in [0.15, 0.2) is 11.5 Å². The van der Waals surface area contributed by atoms with Crippen LogP contribution in [0.3, 0.4) is 0 Å². The van der Waals surface area contributed by atoms with E-state index in [1.807, 2.05) is 32.0 Å². The fourth-order valence-corrected chi connectivity index (χ4v) is 6.01. The summed E-state index contributed by atoms with van der Waals surface area (Å²) >= 11 is 0. The van der Waals surface area contributed by atoms with Gasteiger partial charge in [-0.05, 0) is 67.6 Å². The number of anilines is 1. The lowest BCUT2D eigenvalue weighted by Crippen LogP contribution is -2.32. The van der Waals surface area contributed by atoms with E-state index in [4.69, 9.17) is 14.2 Å². The lowest BCUT2D eigenvalue weighted by atomic mass is 9.77. The highest BCUT2D eigenvalue weighted by Crippen LogP contribution is 2.52. The minimum absolute atomic E-state index is 0.00690. The van der Waals surface area contributed by atoms with Crippen LogP contribution in [0.25, 0.3) is 0 Å². The van der Waals surface area contributed by atoms with Crippen molar-refractivity contribution in [2.75, 3.05) is 26.6 Å². The summed E-state index contributed by atoms with van der Waals surface area (Å²) < 4.78 is 44.7. The lowest BCUT2D eigenvalue weighted by molar-refractivity contribution is 0.322. The Morgan fingerprint density at radius 3 is 2.31 bits per heavy atom. The van der Waals surface area contributed by atoms with Crippen molar-refractivity contribution >= 4 is 15.7 Å². The van der Waals surface area contributed by atoms with Crippen LogP contribution in [0.2, 0.25) is 0 Å². The third-order valence-electron chi connectivity index (χ3n) is 6.08. The summed E-state index contributed by atoms with van der Waals surface area (Å²) in [5.41, 5.74) is 2.96. The van der Waals surface area contributed by atoms with Gasteiger partial charge in [-0.15, -0.1) is 0 Å². The largest absolute Gasteiger partial charge is 0.493 e. The van der Waals surface area contributed by atoms with Crippen molar-refractivity contribution in [1.82, 2.24) is 4.72 Å². The molecule has 0 saturated carbocycles. The van der Waals surface area contributed by atoms with Crippen LogP contribution in [0.1, 0.15) is 43.4 Å². The predicted octanol–water partition coefficient (Wildman–Crippen LogP) is 4.23. The summed E-state index contributed by atoms with van der Waals surface area (Å²) in [7, 11) is 1.24. The highest BCUT2D eigenvalue weighted by molar-refractivity contribution is 7.89. The lowest BCUT2D eigenvalue weighted by Gasteiger charge is -2.38. The molecule has 7 nitrogen and oxygen atoms in total. The molecule has 0 spiro atoms. The second-order valence-electron chi connectivity index (χ2n) is 8.46. The number of hydrogen-bond acceptors (Lipinski definition) is 6. The van der Waals surface area contributed by atoms with Crippen LogP contribution in [0.15, 0.2) is 47.4 Å². The third kappa shape index (κ3) is 3.93. The van der Waals surface area contributed by atoms with E-state index in [0.717, 1.165) is 23.2 Å². The quantitative estimate of drug-likeness (QED) is 0.604. The average Bonchev–Trinajstić information content (AvgIpc) is 3.26. The molecule has 0 amide bonds. The van der Waals surface area contributed by atoms with Crippen LogP contribution in [0.5, 0.6) is 17.2 Å². The number of rotatable bonds is 7. The van der Waals surface area contributed by atoms with E-state index in [1.165, 1.54) is 0 Å². The number of ether oxygens (including phenoxy) is 3. The molecule has 2 aliphatic rings. The standard InChI is InChI=1S/C24H30N2O5S/c1-14(2)26-32(27,28)16-9-10-20-19(13-16)17-7-6-8-18(17)23(25-20)15-11-21(29-3)24(31-5)22(12-15)30-4/h6-7,9-14,17-18,23,25-26H,8H2,1-5H3. The zero-order chi connectivity index (χ0) is 23.0. The zero-order valence-corrected chi connectivity index (χ0v) is 19.8. The van der Waals surface area contributed by atoms with Crippen LogP contribution >= 0.6 is 0 Å². The second kappa shape index (κ2) is 8.67. The maximum atomic E-state index is 12.7. The molecule has 1 aliphatic heterocycles. The first kappa shape index (κ1) is 22.5. The number of nitrogens with one attached hydrogen (secondary N) is 2. The summed E-state index contributed by atoms with van der Waals surface area (Å²) in [4.78, 5) is 0.289. The molecule has 3 atom stereocenters. The Kier molecular flexibility index (Phi) is 6.09. The number of fused-ring (bicyclic) bond motifs is 3. The molecule has 1 aliphatic carbocycles. The maximum absolute atomic E-state index is 12.7. The van der Waals surface area contributed by atoms with Crippen molar-refractivity contribution in [3.8, 4) is 17.2 Å². The summed E-state index contributed by atoms with van der Waals surface area (Å²) in [6, 6.07) is 9.10. The van der Waals surface area contributed by atoms with Gasteiger partial charge in [0.2, 0.25) is 15.8 Å². The van der Waals surface area contributed by atoms with Gasteiger partial charge in [0.05, 0.1) is 32.3 Å². The first-order valence-electron chi connectivity index (χ1n) is 10.7. The molecule has 4 rings (SSSR count). The van der Waals surface area contributed by atoms with Gasteiger partial charge in [-0.1, -0.05) is 12.2 Å². The summed E-state index contributed by atoms with van der Waals surface area (Å²) in [5.74, 6) is 2.13. The van der Waals surface area contributed by atoms with E-state index >= 15 is 0 Å². The molecule has 172 valence electrons. The van der Waals surface area contributed by atoms with Crippen LogP contribution in [-0.4, -0.2) is 35.8 Å². The van der Waals surface area contributed by atoms with E-state index in [1.54, 1.807) is 33.5 Å². The van der Waals surface area contributed by atoms with Crippen LogP contribution in [0, 0.1) is 5.92 Å². The van der Waals surface area contributed by atoms with E-state index in [2.05, 4.69) is 22.2 Å². The van der Waals surface area contributed by atoms with Gasteiger partial charge in [0.1, 0.15) is 0 Å². The highest BCUT2D eigenvalue weighted by Gasteiger charge is 2.39. The number of benzene rings is 2. The van der Waals surface area contributed by atoms with E-state index in [9.17, 15) is 8.42 Å². The zero-order valence-electron chi connectivity index (χ0n) is 19.0. The van der Waals surface area contributed by atoms with Crippen molar-refractivity contribution in [1.29, 1.82) is 0 Å². The molecule has 0 saturated heterocycles. The van der Waals surface area contributed by atoms with Crippen molar-refractivity contribution in [2.24, 2.45) is 5.92 Å². The average molecular weight is 459 g/mol. The molecule has 32 heavy (non-hydrogen) atoms. The van der Waals surface area contributed by atoms with Crippen LogP contribution < -0.4 is 24.2 Å². The van der Waals surface area contributed by atoms with Crippen molar-refractivity contribution in [2.45, 2.75) is 43.2 Å². The van der Waals surface area contributed by atoms with Crippen LogP contribution in [-0.2, 0) is 10.0 Å². The third-order valence-corrected chi connectivity index (χ3v) is 7.74. The van der Waals surface area contributed by atoms with Crippen molar-refractivity contribution in [3.05, 3.63) is 53.6 Å². The number of sulfonamides is 1. The van der Waals surface area contributed by atoms with Crippen molar-refractivity contribution < 1.29 is 22.6 Å². The molecule has 8 heteroatoms. The summed E-state index contributed by atoms with van der Waals surface area (Å²) in [5, 5.41) is 3.64. The second-order valence-corrected chi connectivity index (χ2v) is 10.2. The van der Waals surface area contributed by atoms with Gasteiger partial charge in [-0.2, -0.15) is 0 Å². The monoisotopic (exact) mass is 458 g/mol. The van der Waals surface area contributed by atoms with Gasteiger partial charge in [0, 0.05) is 17.6 Å². The number of hydrogen-bond donors (Lipinski definition) is 2. The molecule has 0 bridgehead atoms. The Hall–Kier alpha value is -2.71. The van der Waals surface area contributed by atoms with Gasteiger partial charge < -0.3 is 19.5 Å². The molecule has 2 aromatic carbocycles.